The SMILES string of the molecule is O=C(NS(=O)(=O)c1cccc(S(=O)(=O)N2CCC2)c1)c1ccc(C(F)(F)F)cc1. The van der Waals surface area contributed by atoms with Gasteiger partial charge in [0.15, 0.2) is 0 Å². The van der Waals surface area contributed by atoms with Crippen LogP contribution in [0.25, 0.3) is 0 Å². The summed E-state index contributed by atoms with van der Waals surface area (Å²) >= 11 is 0. The number of sulfonamides is 2. The van der Waals surface area contributed by atoms with Gasteiger partial charge in [0, 0.05) is 18.7 Å². The standard InChI is InChI=1S/C17H15F3N2O5S2/c18-17(19,20)13-7-5-12(6-8-13)16(23)21-28(24,25)14-3-1-4-15(11-14)29(26,27)22-9-2-10-22/h1,3-8,11H,2,9-10H2,(H,21,23). The van der Waals surface area contributed by atoms with Gasteiger partial charge < -0.3 is 0 Å². The molecule has 0 bridgehead atoms. The van der Waals surface area contributed by atoms with Crippen molar-refractivity contribution < 1.29 is 34.8 Å². The van der Waals surface area contributed by atoms with E-state index in [-0.39, 0.29) is 10.5 Å². The maximum atomic E-state index is 12.6. The molecule has 29 heavy (non-hydrogen) atoms. The summed E-state index contributed by atoms with van der Waals surface area (Å²) in [6.07, 6.45) is -3.89. The average Bonchev–Trinajstić information content (AvgIpc) is 2.59. The van der Waals surface area contributed by atoms with E-state index in [1.54, 1.807) is 4.72 Å². The van der Waals surface area contributed by atoms with Crippen molar-refractivity contribution in [1.82, 2.24) is 9.03 Å². The third-order valence-corrected chi connectivity index (χ3v) is 7.49. The number of hydrogen-bond acceptors (Lipinski definition) is 5. The van der Waals surface area contributed by atoms with Crippen molar-refractivity contribution in [3.05, 3.63) is 59.7 Å². The molecule has 2 aromatic carbocycles. The Bertz CT molecular complexity index is 1140. The van der Waals surface area contributed by atoms with E-state index in [1.165, 1.54) is 16.4 Å². The molecule has 1 saturated heterocycles. The summed E-state index contributed by atoms with van der Waals surface area (Å²) in [4.78, 5) is 11.4. The van der Waals surface area contributed by atoms with Gasteiger partial charge in [0.25, 0.3) is 15.9 Å². The quantitative estimate of drug-likeness (QED) is 0.756. The highest BCUT2D eigenvalue weighted by Gasteiger charge is 2.31. The molecule has 0 unspecified atom stereocenters. The van der Waals surface area contributed by atoms with Crippen molar-refractivity contribution in [3.63, 3.8) is 0 Å². The van der Waals surface area contributed by atoms with Crippen LogP contribution in [0.4, 0.5) is 13.2 Å². The summed E-state index contributed by atoms with van der Waals surface area (Å²) in [5, 5.41) is 0. The fourth-order valence-corrected chi connectivity index (χ4v) is 5.19. The lowest BCUT2D eigenvalue weighted by Gasteiger charge is -2.29. The van der Waals surface area contributed by atoms with Crippen molar-refractivity contribution in [2.24, 2.45) is 0 Å². The lowest BCUT2D eigenvalue weighted by Crippen LogP contribution is -2.42. The summed E-state index contributed by atoms with van der Waals surface area (Å²) in [6.45, 7) is 0.675. The molecular formula is C17H15F3N2O5S2. The van der Waals surface area contributed by atoms with E-state index >= 15 is 0 Å². The number of alkyl halides is 3. The van der Waals surface area contributed by atoms with Gasteiger partial charge in [0.1, 0.15) is 0 Å². The van der Waals surface area contributed by atoms with Crippen molar-refractivity contribution >= 4 is 26.0 Å². The van der Waals surface area contributed by atoms with Crippen LogP contribution in [0.15, 0.2) is 58.3 Å². The first kappa shape index (κ1) is 21.3. The molecule has 1 heterocycles. The van der Waals surface area contributed by atoms with E-state index in [2.05, 4.69) is 0 Å². The van der Waals surface area contributed by atoms with Crippen LogP contribution < -0.4 is 4.72 Å². The van der Waals surface area contributed by atoms with Gasteiger partial charge in [-0.25, -0.2) is 21.6 Å². The van der Waals surface area contributed by atoms with Crippen molar-refractivity contribution in [1.29, 1.82) is 0 Å². The average molecular weight is 448 g/mol. The van der Waals surface area contributed by atoms with Crippen LogP contribution in [-0.2, 0) is 26.2 Å². The zero-order chi connectivity index (χ0) is 21.4. The van der Waals surface area contributed by atoms with Crippen LogP contribution in [0.2, 0.25) is 0 Å². The highest BCUT2D eigenvalue weighted by molar-refractivity contribution is 7.90. The number of halogens is 3. The molecule has 0 atom stereocenters. The molecule has 0 spiro atoms. The second kappa shape index (κ2) is 7.43. The van der Waals surface area contributed by atoms with E-state index < -0.39 is 42.6 Å². The Morgan fingerprint density at radius 1 is 0.931 bits per heavy atom. The zero-order valence-corrected chi connectivity index (χ0v) is 16.3. The molecule has 2 aromatic rings. The van der Waals surface area contributed by atoms with Crippen LogP contribution >= 0.6 is 0 Å². The first-order valence-corrected chi connectivity index (χ1v) is 11.2. The second-order valence-corrected chi connectivity index (χ2v) is 9.86. The van der Waals surface area contributed by atoms with E-state index in [4.69, 9.17) is 0 Å². The van der Waals surface area contributed by atoms with Gasteiger partial charge >= 0.3 is 6.18 Å². The van der Waals surface area contributed by atoms with Gasteiger partial charge in [0.05, 0.1) is 15.4 Å². The second-order valence-electron chi connectivity index (χ2n) is 6.24. The summed E-state index contributed by atoms with van der Waals surface area (Å²) in [7, 11) is -8.28. The molecule has 0 radical (unpaired) electrons. The van der Waals surface area contributed by atoms with Crippen LogP contribution in [0.5, 0.6) is 0 Å². The molecule has 1 aliphatic rings. The summed E-state index contributed by atoms with van der Waals surface area (Å²) in [5.41, 5.74) is -1.29. The van der Waals surface area contributed by atoms with Crippen molar-refractivity contribution in [2.75, 3.05) is 13.1 Å². The van der Waals surface area contributed by atoms with E-state index in [9.17, 15) is 34.8 Å². The number of benzene rings is 2. The molecule has 7 nitrogen and oxygen atoms in total. The number of hydrogen-bond donors (Lipinski definition) is 1. The predicted octanol–water partition coefficient (Wildman–Crippen LogP) is 2.22. The molecule has 156 valence electrons. The molecule has 1 amide bonds. The highest BCUT2D eigenvalue weighted by Crippen LogP contribution is 2.29. The Morgan fingerprint density at radius 3 is 2.03 bits per heavy atom. The number of carbonyl (C=O) groups is 1. The molecule has 0 aromatic heterocycles. The highest BCUT2D eigenvalue weighted by atomic mass is 32.2. The van der Waals surface area contributed by atoms with E-state index in [0.717, 1.165) is 24.3 Å². The van der Waals surface area contributed by atoms with Crippen LogP contribution in [0.3, 0.4) is 0 Å². The molecule has 0 aliphatic carbocycles. The predicted molar refractivity (Wildman–Crippen MR) is 95.9 cm³/mol. The van der Waals surface area contributed by atoms with E-state index in [0.29, 0.717) is 31.6 Å². The fourth-order valence-electron chi connectivity index (χ4n) is 2.53. The first-order valence-electron chi connectivity index (χ1n) is 8.26. The lowest BCUT2D eigenvalue weighted by atomic mass is 10.1. The Hall–Kier alpha value is -2.44. The first-order chi connectivity index (χ1) is 13.4. The van der Waals surface area contributed by atoms with Crippen LogP contribution in [0, 0.1) is 0 Å². The summed E-state index contributed by atoms with van der Waals surface area (Å²) < 4.78 is 90.4. The normalized spacial score (nSPS) is 15.6. The minimum absolute atomic E-state index is 0.234. The van der Waals surface area contributed by atoms with Crippen LogP contribution in [-0.4, -0.2) is 40.1 Å². The van der Waals surface area contributed by atoms with Gasteiger partial charge in [-0.05, 0) is 48.9 Å². The number of nitrogens with one attached hydrogen (secondary N) is 1. The largest absolute Gasteiger partial charge is 0.416 e. The Kier molecular flexibility index (Phi) is 5.45. The molecule has 0 saturated carbocycles. The van der Waals surface area contributed by atoms with Crippen molar-refractivity contribution in [2.45, 2.75) is 22.4 Å². The molecule has 12 heteroatoms. The molecular weight excluding hydrogens is 433 g/mol. The topological polar surface area (TPSA) is 101 Å². The number of rotatable bonds is 5. The lowest BCUT2D eigenvalue weighted by molar-refractivity contribution is -0.137. The van der Waals surface area contributed by atoms with Gasteiger partial charge in [-0.2, -0.15) is 17.5 Å². The van der Waals surface area contributed by atoms with Gasteiger partial charge in [-0.1, -0.05) is 6.07 Å². The molecule has 3 rings (SSSR count). The Balaban J connectivity index is 1.82. The smallest absolute Gasteiger partial charge is 0.268 e. The van der Waals surface area contributed by atoms with Gasteiger partial charge in [-0.15, -0.1) is 0 Å². The van der Waals surface area contributed by atoms with Gasteiger partial charge in [0.2, 0.25) is 10.0 Å². The minimum Gasteiger partial charge on any atom is -0.268 e. The molecule has 1 N–H and O–H groups in total. The summed E-state index contributed by atoms with van der Waals surface area (Å²) in [5.74, 6) is -1.14. The third kappa shape index (κ3) is 4.43. The molecule has 1 aliphatic heterocycles. The maximum Gasteiger partial charge on any atom is 0.416 e. The van der Waals surface area contributed by atoms with E-state index in [1.807, 2.05) is 0 Å². The Labute approximate surface area is 165 Å². The van der Waals surface area contributed by atoms with Gasteiger partial charge in [-0.3, -0.25) is 4.79 Å². The van der Waals surface area contributed by atoms with Crippen molar-refractivity contribution in [3.8, 4) is 0 Å². The fraction of sp³-hybridized carbons (Fsp3) is 0.235. The summed E-state index contributed by atoms with van der Waals surface area (Å²) in [6, 6.07) is 7.50. The maximum absolute atomic E-state index is 12.6. The zero-order valence-electron chi connectivity index (χ0n) is 14.7. The number of carbonyl (C=O) groups excluding carboxylic acids is 1. The minimum atomic E-state index is -4.59. The monoisotopic (exact) mass is 448 g/mol. The number of nitrogens with zero attached hydrogens (tertiary/aromatic N) is 1. The van der Waals surface area contributed by atoms with Crippen LogP contribution in [0.1, 0.15) is 22.3 Å². The Morgan fingerprint density at radius 2 is 1.52 bits per heavy atom. The number of amides is 1. The molecule has 1 fully saturated rings. The third-order valence-electron chi connectivity index (χ3n) is 4.27.